The quantitative estimate of drug-likeness (QED) is 0.654. The molecule has 0 saturated heterocycles. The lowest BCUT2D eigenvalue weighted by Gasteiger charge is -2.06. The molecule has 19 heavy (non-hydrogen) atoms. The topological polar surface area (TPSA) is 91.2 Å². The van der Waals surface area contributed by atoms with E-state index in [0.717, 1.165) is 5.56 Å². The molecule has 2 rings (SSSR count). The largest absolute Gasteiger partial charge is 0.364 e. The minimum Gasteiger partial charge on any atom is -0.364 e. The van der Waals surface area contributed by atoms with Gasteiger partial charge in [0.15, 0.2) is 0 Å². The van der Waals surface area contributed by atoms with Gasteiger partial charge in [-0.05, 0) is 24.1 Å². The fourth-order valence-corrected chi connectivity index (χ4v) is 1.87. The molecule has 0 unspecified atom stereocenters. The highest BCUT2D eigenvalue weighted by molar-refractivity contribution is 5.91. The molecule has 0 aliphatic heterocycles. The standard InChI is InChI=1S/C13H13N3O3/c14-13(17)12-2-1-8-15(12)9-7-10-3-5-11(6-4-10)16(18)19/h1-6,8H,7,9H2,(H2,14,17). The van der Waals surface area contributed by atoms with E-state index in [2.05, 4.69) is 0 Å². The van der Waals surface area contributed by atoms with Crippen molar-refractivity contribution in [3.8, 4) is 0 Å². The number of aryl methyl sites for hydroxylation is 2. The van der Waals surface area contributed by atoms with Crippen LogP contribution in [0.1, 0.15) is 16.1 Å². The Labute approximate surface area is 109 Å². The summed E-state index contributed by atoms with van der Waals surface area (Å²) in [5.41, 5.74) is 6.75. The summed E-state index contributed by atoms with van der Waals surface area (Å²) in [5, 5.41) is 10.5. The molecule has 1 amide bonds. The fraction of sp³-hybridized carbons (Fsp3) is 0.154. The Balaban J connectivity index is 2.04. The van der Waals surface area contributed by atoms with Crippen molar-refractivity contribution in [2.75, 3.05) is 0 Å². The number of carbonyl (C=O) groups excluding carboxylic acids is 1. The molecule has 1 heterocycles. The normalized spacial score (nSPS) is 10.3. The fourth-order valence-electron chi connectivity index (χ4n) is 1.87. The molecule has 2 aromatic rings. The van der Waals surface area contributed by atoms with E-state index in [9.17, 15) is 14.9 Å². The molecule has 6 heteroatoms. The molecular formula is C13H13N3O3. The van der Waals surface area contributed by atoms with Crippen molar-refractivity contribution in [1.82, 2.24) is 4.57 Å². The number of hydrogen-bond acceptors (Lipinski definition) is 3. The van der Waals surface area contributed by atoms with Gasteiger partial charge in [0.05, 0.1) is 4.92 Å². The van der Waals surface area contributed by atoms with Gasteiger partial charge in [-0.25, -0.2) is 0 Å². The SMILES string of the molecule is NC(=O)c1cccn1CCc1ccc([N+](=O)[O-])cc1. The van der Waals surface area contributed by atoms with Crippen molar-refractivity contribution >= 4 is 11.6 Å². The van der Waals surface area contributed by atoms with Crippen LogP contribution in [0.15, 0.2) is 42.6 Å². The van der Waals surface area contributed by atoms with Gasteiger partial charge in [0.2, 0.25) is 0 Å². The number of rotatable bonds is 5. The summed E-state index contributed by atoms with van der Waals surface area (Å²) in [7, 11) is 0. The summed E-state index contributed by atoms with van der Waals surface area (Å²) in [6.45, 7) is 0.600. The maximum atomic E-state index is 11.1. The average molecular weight is 259 g/mol. The molecule has 0 atom stereocenters. The molecular weight excluding hydrogens is 246 g/mol. The molecule has 6 nitrogen and oxygen atoms in total. The molecule has 2 N–H and O–H groups in total. The lowest BCUT2D eigenvalue weighted by Crippen LogP contribution is -2.17. The van der Waals surface area contributed by atoms with Crippen LogP contribution in [0.3, 0.4) is 0 Å². The molecule has 0 aliphatic rings. The summed E-state index contributed by atoms with van der Waals surface area (Å²) in [5.74, 6) is -0.464. The molecule has 0 aliphatic carbocycles. The zero-order valence-corrected chi connectivity index (χ0v) is 10.2. The number of nitro benzene ring substituents is 1. The van der Waals surface area contributed by atoms with Crippen LogP contribution >= 0.6 is 0 Å². The Morgan fingerprint density at radius 3 is 2.53 bits per heavy atom. The van der Waals surface area contributed by atoms with Crippen molar-refractivity contribution in [2.45, 2.75) is 13.0 Å². The van der Waals surface area contributed by atoms with E-state index in [1.54, 1.807) is 35.0 Å². The number of primary amides is 1. The first-order valence-corrected chi connectivity index (χ1v) is 5.76. The van der Waals surface area contributed by atoms with Gasteiger partial charge in [-0.3, -0.25) is 14.9 Å². The average Bonchev–Trinajstić information content (AvgIpc) is 2.85. The Hall–Kier alpha value is -2.63. The second-order valence-electron chi connectivity index (χ2n) is 4.12. The van der Waals surface area contributed by atoms with Gasteiger partial charge in [0.1, 0.15) is 5.69 Å². The number of amides is 1. The molecule has 1 aromatic heterocycles. The summed E-state index contributed by atoms with van der Waals surface area (Å²) < 4.78 is 1.77. The first-order valence-electron chi connectivity index (χ1n) is 5.76. The lowest BCUT2D eigenvalue weighted by molar-refractivity contribution is -0.384. The van der Waals surface area contributed by atoms with Crippen molar-refractivity contribution in [2.24, 2.45) is 5.73 Å². The summed E-state index contributed by atoms with van der Waals surface area (Å²) in [6.07, 6.45) is 2.46. The lowest BCUT2D eigenvalue weighted by atomic mass is 10.1. The number of nitro groups is 1. The molecule has 0 bridgehead atoms. The number of benzene rings is 1. The summed E-state index contributed by atoms with van der Waals surface area (Å²) in [4.78, 5) is 21.2. The van der Waals surface area contributed by atoms with Crippen LogP contribution in [-0.2, 0) is 13.0 Å². The zero-order valence-electron chi connectivity index (χ0n) is 10.2. The number of nitrogens with two attached hydrogens (primary N) is 1. The molecule has 0 radical (unpaired) electrons. The van der Waals surface area contributed by atoms with E-state index < -0.39 is 10.8 Å². The number of nitrogens with zero attached hydrogens (tertiary/aromatic N) is 2. The molecule has 1 aromatic carbocycles. The highest BCUT2D eigenvalue weighted by atomic mass is 16.6. The van der Waals surface area contributed by atoms with Crippen molar-refractivity contribution < 1.29 is 9.72 Å². The number of aromatic nitrogens is 1. The van der Waals surface area contributed by atoms with Crippen LogP contribution in [0.4, 0.5) is 5.69 Å². The van der Waals surface area contributed by atoms with Gasteiger partial charge in [-0.2, -0.15) is 0 Å². The first kappa shape index (κ1) is 12.8. The minimum atomic E-state index is -0.464. The monoisotopic (exact) mass is 259 g/mol. The maximum Gasteiger partial charge on any atom is 0.269 e. The number of hydrogen-bond donors (Lipinski definition) is 1. The predicted octanol–water partition coefficient (Wildman–Crippen LogP) is 1.74. The van der Waals surface area contributed by atoms with Crippen molar-refractivity contribution in [1.29, 1.82) is 0 Å². The predicted molar refractivity (Wildman–Crippen MR) is 69.8 cm³/mol. The van der Waals surface area contributed by atoms with Crippen molar-refractivity contribution in [3.63, 3.8) is 0 Å². The second-order valence-corrected chi connectivity index (χ2v) is 4.12. The Morgan fingerprint density at radius 2 is 1.95 bits per heavy atom. The Kier molecular flexibility index (Phi) is 3.61. The number of carbonyl (C=O) groups is 1. The third kappa shape index (κ3) is 2.98. The molecule has 98 valence electrons. The maximum absolute atomic E-state index is 11.1. The second kappa shape index (κ2) is 5.34. The van der Waals surface area contributed by atoms with E-state index in [1.165, 1.54) is 12.1 Å². The van der Waals surface area contributed by atoms with Crippen LogP contribution in [-0.4, -0.2) is 15.4 Å². The van der Waals surface area contributed by atoms with Crippen LogP contribution in [0.25, 0.3) is 0 Å². The van der Waals surface area contributed by atoms with Gasteiger partial charge in [-0.1, -0.05) is 12.1 Å². The van der Waals surface area contributed by atoms with Gasteiger partial charge >= 0.3 is 0 Å². The van der Waals surface area contributed by atoms with Crippen LogP contribution < -0.4 is 5.73 Å². The Morgan fingerprint density at radius 1 is 1.26 bits per heavy atom. The summed E-state index contributed by atoms with van der Waals surface area (Å²) in [6, 6.07) is 9.80. The van der Waals surface area contributed by atoms with E-state index in [-0.39, 0.29) is 5.69 Å². The summed E-state index contributed by atoms with van der Waals surface area (Å²) >= 11 is 0. The van der Waals surface area contributed by atoms with E-state index in [1.807, 2.05) is 0 Å². The smallest absolute Gasteiger partial charge is 0.269 e. The van der Waals surface area contributed by atoms with Crippen LogP contribution in [0.2, 0.25) is 0 Å². The molecule has 0 saturated carbocycles. The minimum absolute atomic E-state index is 0.0718. The zero-order chi connectivity index (χ0) is 13.8. The van der Waals surface area contributed by atoms with E-state index >= 15 is 0 Å². The molecule has 0 spiro atoms. The van der Waals surface area contributed by atoms with Crippen LogP contribution in [0, 0.1) is 10.1 Å². The molecule has 0 fully saturated rings. The third-order valence-corrected chi connectivity index (χ3v) is 2.87. The number of non-ortho nitro benzene ring substituents is 1. The highest BCUT2D eigenvalue weighted by Gasteiger charge is 2.07. The van der Waals surface area contributed by atoms with E-state index in [4.69, 9.17) is 5.73 Å². The van der Waals surface area contributed by atoms with Gasteiger partial charge in [0.25, 0.3) is 11.6 Å². The third-order valence-electron chi connectivity index (χ3n) is 2.87. The van der Waals surface area contributed by atoms with Gasteiger partial charge < -0.3 is 10.3 Å². The van der Waals surface area contributed by atoms with Crippen molar-refractivity contribution in [3.05, 3.63) is 64.0 Å². The van der Waals surface area contributed by atoms with Gasteiger partial charge in [-0.15, -0.1) is 0 Å². The van der Waals surface area contributed by atoms with E-state index in [0.29, 0.717) is 18.7 Å². The van der Waals surface area contributed by atoms with Crippen LogP contribution in [0.5, 0.6) is 0 Å². The Bertz CT molecular complexity index is 602. The first-order chi connectivity index (χ1) is 9.08. The van der Waals surface area contributed by atoms with Gasteiger partial charge in [0, 0.05) is 24.9 Å². The highest BCUT2D eigenvalue weighted by Crippen LogP contribution is 2.13.